The van der Waals surface area contributed by atoms with Gasteiger partial charge in [-0.15, -0.1) is 0 Å². The van der Waals surface area contributed by atoms with Gasteiger partial charge in [0.05, 0.1) is 11.8 Å². The number of aryl methyl sites for hydroxylation is 1. The van der Waals surface area contributed by atoms with E-state index in [4.69, 9.17) is 0 Å². The quantitative estimate of drug-likeness (QED) is 0.934. The summed E-state index contributed by atoms with van der Waals surface area (Å²) >= 11 is 0. The molecule has 2 rings (SSSR count). The van der Waals surface area contributed by atoms with Crippen molar-refractivity contribution in [2.75, 3.05) is 13.6 Å². The van der Waals surface area contributed by atoms with Gasteiger partial charge in [-0.2, -0.15) is 5.10 Å². The van der Waals surface area contributed by atoms with Crippen molar-refractivity contribution in [1.82, 2.24) is 14.7 Å². The van der Waals surface area contributed by atoms with Crippen molar-refractivity contribution in [1.29, 1.82) is 0 Å². The van der Waals surface area contributed by atoms with Gasteiger partial charge >= 0.3 is 0 Å². The molecule has 1 unspecified atom stereocenters. The predicted molar refractivity (Wildman–Crippen MR) is 76.9 cm³/mol. The molecule has 1 N–H and O–H groups in total. The fourth-order valence-corrected chi connectivity index (χ4v) is 2.10. The van der Waals surface area contributed by atoms with Crippen LogP contribution in [-0.4, -0.2) is 45.4 Å². The molecule has 6 heteroatoms. The summed E-state index contributed by atoms with van der Waals surface area (Å²) in [6.07, 6.45) is -0.598. The fraction of sp³-hybridized carbons (Fsp3) is 0.333. The Kier molecular flexibility index (Phi) is 4.37. The van der Waals surface area contributed by atoms with Crippen LogP contribution in [0.4, 0.5) is 4.39 Å². The van der Waals surface area contributed by atoms with Crippen LogP contribution in [0.1, 0.15) is 23.1 Å². The van der Waals surface area contributed by atoms with Crippen molar-refractivity contribution in [3.8, 4) is 5.69 Å². The van der Waals surface area contributed by atoms with Crippen molar-refractivity contribution in [2.24, 2.45) is 0 Å². The summed E-state index contributed by atoms with van der Waals surface area (Å²) in [6, 6.07) is 7.56. The summed E-state index contributed by atoms with van der Waals surface area (Å²) in [5.41, 5.74) is 1.75. The summed E-state index contributed by atoms with van der Waals surface area (Å²) in [4.78, 5) is 13.6. The average Bonchev–Trinajstić information content (AvgIpc) is 2.80. The van der Waals surface area contributed by atoms with Crippen LogP contribution in [-0.2, 0) is 0 Å². The highest BCUT2D eigenvalue weighted by atomic mass is 19.1. The van der Waals surface area contributed by atoms with Gasteiger partial charge in [0.2, 0.25) is 0 Å². The summed E-state index contributed by atoms with van der Waals surface area (Å²) < 4.78 is 14.5. The molecule has 0 radical (unpaired) electrons. The summed E-state index contributed by atoms with van der Waals surface area (Å²) in [5, 5.41) is 13.6. The van der Waals surface area contributed by atoms with E-state index in [-0.39, 0.29) is 18.3 Å². The van der Waals surface area contributed by atoms with Crippen LogP contribution in [0.25, 0.3) is 5.69 Å². The maximum atomic E-state index is 12.9. The molecular formula is C15H18FN3O2. The summed E-state index contributed by atoms with van der Waals surface area (Å²) in [6.45, 7) is 3.68. The fourth-order valence-electron chi connectivity index (χ4n) is 2.10. The zero-order valence-electron chi connectivity index (χ0n) is 12.2. The molecule has 1 aromatic carbocycles. The lowest BCUT2D eigenvalue weighted by atomic mass is 10.3. The van der Waals surface area contributed by atoms with Gasteiger partial charge in [-0.05, 0) is 44.2 Å². The first-order valence-corrected chi connectivity index (χ1v) is 6.64. The first-order valence-electron chi connectivity index (χ1n) is 6.64. The number of aliphatic hydroxyl groups excluding tert-OH is 1. The van der Waals surface area contributed by atoms with E-state index in [2.05, 4.69) is 5.10 Å². The number of aliphatic hydroxyl groups is 1. The van der Waals surface area contributed by atoms with E-state index in [1.165, 1.54) is 17.0 Å². The van der Waals surface area contributed by atoms with Crippen molar-refractivity contribution < 1.29 is 14.3 Å². The lowest BCUT2D eigenvalue weighted by molar-refractivity contribution is 0.0697. The second kappa shape index (κ2) is 6.05. The first kappa shape index (κ1) is 15.2. The van der Waals surface area contributed by atoms with E-state index in [0.717, 1.165) is 5.69 Å². The number of rotatable bonds is 4. The number of carbonyl (C=O) groups excluding carboxylic acids is 1. The molecule has 0 aliphatic heterocycles. The molecular weight excluding hydrogens is 273 g/mol. The first-order chi connectivity index (χ1) is 9.88. The lowest BCUT2D eigenvalue weighted by Crippen LogP contribution is -2.33. The molecule has 0 saturated heterocycles. The van der Waals surface area contributed by atoms with Crippen molar-refractivity contribution in [3.63, 3.8) is 0 Å². The minimum absolute atomic E-state index is 0.237. The van der Waals surface area contributed by atoms with Gasteiger partial charge in [-0.25, -0.2) is 9.07 Å². The average molecular weight is 291 g/mol. The van der Waals surface area contributed by atoms with Crippen molar-refractivity contribution >= 4 is 5.91 Å². The largest absolute Gasteiger partial charge is 0.392 e. The molecule has 0 bridgehead atoms. The zero-order valence-corrected chi connectivity index (χ0v) is 12.2. The highest BCUT2D eigenvalue weighted by molar-refractivity contribution is 5.92. The van der Waals surface area contributed by atoms with E-state index in [1.807, 2.05) is 6.92 Å². The van der Waals surface area contributed by atoms with E-state index >= 15 is 0 Å². The van der Waals surface area contributed by atoms with E-state index in [1.54, 1.807) is 36.9 Å². The Morgan fingerprint density at radius 1 is 1.43 bits per heavy atom. The molecule has 0 fully saturated rings. The Labute approximate surface area is 122 Å². The molecule has 112 valence electrons. The highest BCUT2D eigenvalue weighted by Gasteiger charge is 2.18. The zero-order chi connectivity index (χ0) is 15.6. The van der Waals surface area contributed by atoms with Crippen LogP contribution in [0.15, 0.2) is 30.3 Å². The smallest absolute Gasteiger partial charge is 0.274 e. The van der Waals surface area contributed by atoms with Gasteiger partial charge < -0.3 is 10.0 Å². The number of carbonyl (C=O) groups is 1. The Hall–Kier alpha value is -2.21. The SMILES string of the molecule is Cc1cc(C(=O)N(C)CC(C)O)nn1-c1ccc(F)cc1. The molecule has 1 atom stereocenters. The summed E-state index contributed by atoms with van der Waals surface area (Å²) in [5.74, 6) is -0.587. The molecule has 21 heavy (non-hydrogen) atoms. The molecule has 0 saturated carbocycles. The Balaban J connectivity index is 2.26. The molecule has 2 aromatic rings. The number of halogens is 1. The predicted octanol–water partition coefficient (Wildman–Crippen LogP) is 1.77. The normalized spacial score (nSPS) is 12.2. The Morgan fingerprint density at radius 3 is 2.62 bits per heavy atom. The maximum absolute atomic E-state index is 12.9. The third kappa shape index (κ3) is 3.46. The van der Waals surface area contributed by atoms with Gasteiger partial charge in [0.1, 0.15) is 5.82 Å². The topological polar surface area (TPSA) is 58.4 Å². The van der Waals surface area contributed by atoms with Crippen molar-refractivity contribution in [2.45, 2.75) is 20.0 Å². The van der Waals surface area contributed by atoms with Crippen LogP contribution in [0.3, 0.4) is 0 Å². The Bertz CT molecular complexity index is 635. The van der Waals surface area contributed by atoms with Gasteiger partial charge in [0, 0.05) is 19.3 Å². The third-order valence-electron chi connectivity index (χ3n) is 3.06. The number of hydrogen-bond acceptors (Lipinski definition) is 3. The standard InChI is InChI=1S/C15H18FN3O2/c1-10-8-14(15(21)18(3)9-11(2)20)17-19(10)13-6-4-12(16)5-7-13/h4-8,11,20H,9H2,1-3H3. The molecule has 5 nitrogen and oxygen atoms in total. The van der Waals surface area contributed by atoms with Gasteiger partial charge in [-0.3, -0.25) is 4.79 Å². The van der Waals surface area contributed by atoms with E-state index in [0.29, 0.717) is 11.4 Å². The number of hydrogen-bond donors (Lipinski definition) is 1. The molecule has 0 aliphatic carbocycles. The molecule has 1 amide bonds. The van der Waals surface area contributed by atoms with Gasteiger partial charge in [-0.1, -0.05) is 0 Å². The summed E-state index contributed by atoms with van der Waals surface area (Å²) in [7, 11) is 1.61. The minimum Gasteiger partial charge on any atom is -0.392 e. The third-order valence-corrected chi connectivity index (χ3v) is 3.06. The Morgan fingerprint density at radius 2 is 2.05 bits per heavy atom. The van der Waals surface area contributed by atoms with E-state index in [9.17, 15) is 14.3 Å². The maximum Gasteiger partial charge on any atom is 0.274 e. The van der Waals surface area contributed by atoms with Crippen LogP contribution >= 0.6 is 0 Å². The van der Waals surface area contributed by atoms with Crippen LogP contribution < -0.4 is 0 Å². The molecule has 1 heterocycles. The number of benzene rings is 1. The van der Waals surface area contributed by atoms with Crippen LogP contribution in [0.2, 0.25) is 0 Å². The minimum atomic E-state index is -0.598. The highest BCUT2D eigenvalue weighted by Crippen LogP contribution is 2.14. The number of amides is 1. The molecule has 0 spiro atoms. The molecule has 1 aromatic heterocycles. The number of likely N-dealkylation sites (N-methyl/N-ethyl adjacent to an activating group) is 1. The number of nitrogens with zero attached hydrogens (tertiary/aromatic N) is 3. The van der Waals surface area contributed by atoms with Crippen molar-refractivity contribution in [3.05, 3.63) is 47.5 Å². The van der Waals surface area contributed by atoms with Gasteiger partial charge in [0.25, 0.3) is 5.91 Å². The number of aromatic nitrogens is 2. The second-order valence-corrected chi connectivity index (χ2v) is 5.09. The van der Waals surface area contributed by atoms with E-state index < -0.39 is 6.10 Å². The van der Waals surface area contributed by atoms with Crippen LogP contribution in [0, 0.1) is 12.7 Å². The second-order valence-electron chi connectivity index (χ2n) is 5.09. The van der Waals surface area contributed by atoms with Gasteiger partial charge in [0.15, 0.2) is 5.69 Å². The lowest BCUT2D eigenvalue weighted by Gasteiger charge is -2.17. The van der Waals surface area contributed by atoms with Crippen LogP contribution in [0.5, 0.6) is 0 Å². The molecule has 0 aliphatic rings. The monoisotopic (exact) mass is 291 g/mol.